The minimum Gasteiger partial charge on any atom is -0.480 e. The maximum absolute atomic E-state index is 5.27. The van der Waals surface area contributed by atoms with Gasteiger partial charge in [0.25, 0.3) is 0 Å². The zero-order valence-corrected chi connectivity index (χ0v) is 11.5. The maximum Gasteiger partial charge on any atom is 0.237 e. The number of hydrogen-bond donors (Lipinski definition) is 1. The van der Waals surface area contributed by atoms with Crippen LogP contribution in [0.2, 0.25) is 0 Å². The monoisotopic (exact) mass is 271 g/mol. The molecule has 2 heterocycles. The van der Waals surface area contributed by atoms with Gasteiger partial charge in [-0.2, -0.15) is 4.98 Å². The number of aromatic nitrogens is 2. The van der Waals surface area contributed by atoms with Crippen LogP contribution in [0.1, 0.15) is 5.69 Å². The van der Waals surface area contributed by atoms with Gasteiger partial charge in [-0.1, -0.05) is 0 Å². The van der Waals surface area contributed by atoms with Crippen LogP contribution in [0.3, 0.4) is 0 Å². The largest absolute Gasteiger partial charge is 0.480 e. The van der Waals surface area contributed by atoms with E-state index < -0.39 is 0 Å². The Morgan fingerprint density at radius 1 is 1.39 bits per heavy atom. The van der Waals surface area contributed by atoms with E-state index in [0.717, 1.165) is 10.7 Å². The fraction of sp³-hybridized carbons (Fsp3) is 0.545. The molecule has 0 aliphatic heterocycles. The molecule has 0 aliphatic rings. The number of imidazole rings is 1. The molecular formula is C11H17N3O3S. The SMILES string of the molecule is COc1nc2sccn2c1CNCC(OC)OC. The summed E-state index contributed by atoms with van der Waals surface area (Å²) < 4.78 is 17.5. The van der Waals surface area contributed by atoms with Crippen molar-refractivity contribution in [3.05, 3.63) is 17.3 Å². The highest BCUT2D eigenvalue weighted by molar-refractivity contribution is 7.15. The fourth-order valence-corrected chi connectivity index (χ4v) is 2.43. The van der Waals surface area contributed by atoms with Gasteiger partial charge in [0.1, 0.15) is 5.69 Å². The van der Waals surface area contributed by atoms with Crippen molar-refractivity contribution >= 4 is 16.3 Å². The van der Waals surface area contributed by atoms with Crippen LogP contribution in [-0.2, 0) is 16.0 Å². The summed E-state index contributed by atoms with van der Waals surface area (Å²) in [6.07, 6.45) is 1.73. The first-order valence-electron chi connectivity index (χ1n) is 5.54. The van der Waals surface area contributed by atoms with Gasteiger partial charge >= 0.3 is 0 Å². The van der Waals surface area contributed by atoms with Gasteiger partial charge in [-0.05, 0) is 0 Å². The Morgan fingerprint density at radius 3 is 2.83 bits per heavy atom. The number of nitrogens with zero attached hydrogens (tertiary/aromatic N) is 2. The molecule has 18 heavy (non-hydrogen) atoms. The van der Waals surface area contributed by atoms with Crippen LogP contribution < -0.4 is 10.1 Å². The molecule has 2 aromatic heterocycles. The van der Waals surface area contributed by atoms with Crippen LogP contribution >= 0.6 is 11.3 Å². The van der Waals surface area contributed by atoms with Gasteiger partial charge in [-0.25, -0.2) is 0 Å². The summed E-state index contributed by atoms with van der Waals surface area (Å²) in [6.45, 7) is 1.25. The molecule has 0 atom stereocenters. The second-order valence-electron chi connectivity index (χ2n) is 3.66. The molecule has 0 radical (unpaired) electrons. The first-order valence-corrected chi connectivity index (χ1v) is 6.42. The molecular weight excluding hydrogens is 254 g/mol. The minimum absolute atomic E-state index is 0.248. The third kappa shape index (κ3) is 2.64. The molecule has 0 amide bonds. The summed E-state index contributed by atoms with van der Waals surface area (Å²) in [7, 11) is 4.86. The molecule has 0 saturated heterocycles. The van der Waals surface area contributed by atoms with E-state index in [-0.39, 0.29) is 6.29 Å². The van der Waals surface area contributed by atoms with Crippen molar-refractivity contribution in [1.29, 1.82) is 0 Å². The van der Waals surface area contributed by atoms with Crippen molar-refractivity contribution < 1.29 is 14.2 Å². The number of fused-ring (bicyclic) bond motifs is 1. The number of rotatable bonds is 7. The number of hydrogen-bond acceptors (Lipinski definition) is 6. The highest BCUT2D eigenvalue weighted by Crippen LogP contribution is 2.22. The van der Waals surface area contributed by atoms with Crippen LogP contribution in [-0.4, -0.2) is 43.5 Å². The van der Waals surface area contributed by atoms with E-state index in [9.17, 15) is 0 Å². The molecule has 1 N–H and O–H groups in total. The predicted molar refractivity (Wildman–Crippen MR) is 69.1 cm³/mol. The highest BCUT2D eigenvalue weighted by atomic mass is 32.1. The zero-order valence-electron chi connectivity index (χ0n) is 10.7. The lowest BCUT2D eigenvalue weighted by atomic mass is 10.4. The van der Waals surface area contributed by atoms with Crippen molar-refractivity contribution in [3.63, 3.8) is 0 Å². The van der Waals surface area contributed by atoms with E-state index in [1.165, 1.54) is 0 Å². The van der Waals surface area contributed by atoms with Gasteiger partial charge in [0.2, 0.25) is 5.88 Å². The molecule has 0 bridgehead atoms. The maximum atomic E-state index is 5.27. The molecule has 0 unspecified atom stereocenters. The van der Waals surface area contributed by atoms with Crippen molar-refractivity contribution in [2.24, 2.45) is 0 Å². The summed E-state index contributed by atoms with van der Waals surface area (Å²) in [4.78, 5) is 5.32. The Kier molecular flexibility index (Phi) is 4.54. The smallest absolute Gasteiger partial charge is 0.237 e. The van der Waals surface area contributed by atoms with Gasteiger partial charge in [0.05, 0.1) is 7.11 Å². The van der Waals surface area contributed by atoms with Gasteiger partial charge in [-0.3, -0.25) is 4.40 Å². The average molecular weight is 271 g/mol. The summed E-state index contributed by atoms with van der Waals surface area (Å²) in [5.74, 6) is 0.653. The third-order valence-electron chi connectivity index (χ3n) is 2.65. The lowest BCUT2D eigenvalue weighted by Gasteiger charge is -2.14. The van der Waals surface area contributed by atoms with Crippen molar-refractivity contribution in [2.45, 2.75) is 12.8 Å². The van der Waals surface area contributed by atoms with Gasteiger partial charge in [-0.15, -0.1) is 11.3 Å². The molecule has 100 valence electrons. The van der Waals surface area contributed by atoms with E-state index >= 15 is 0 Å². The highest BCUT2D eigenvalue weighted by Gasteiger charge is 2.13. The van der Waals surface area contributed by atoms with E-state index in [1.54, 1.807) is 32.7 Å². The van der Waals surface area contributed by atoms with Crippen molar-refractivity contribution in [1.82, 2.24) is 14.7 Å². The number of thiazole rings is 1. The Bertz CT molecular complexity index is 493. The van der Waals surface area contributed by atoms with E-state index in [4.69, 9.17) is 14.2 Å². The van der Waals surface area contributed by atoms with Crippen molar-refractivity contribution in [2.75, 3.05) is 27.9 Å². The van der Waals surface area contributed by atoms with E-state index in [1.807, 2.05) is 16.0 Å². The zero-order chi connectivity index (χ0) is 13.0. The van der Waals surface area contributed by atoms with Crippen LogP contribution in [0.25, 0.3) is 4.96 Å². The molecule has 0 fully saturated rings. The quantitative estimate of drug-likeness (QED) is 0.765. The predicted octanol–water partition coefficient (Wildman–Crippen LogP) is 1.11. The summed E-state index contributed by atoms with van der Waals surface area (Å²) in [6, 6.07) is 0. The fourth-order valence-electron chi connectivity index (χ4n) is 1.71. The Balaban J connectivity index is 2.03. The summed E-state index contributed by atoms with van der Waals surface area (Å²) in [5.41, 5.74) is 1.000. The lowest BCUT2D eigenvalue weighted by molar-refractivity contribution is -0.0989. The lowest BCUT2D eigenvalue weighted by Crippen LogP contribution is -2.29. The molecule has 2 aromatic rings. The Morgan fingerprint density at radius 2 is 2.17 bits per heavy atom. The Labute approximate surface area is 109 Å². The van der Waals surface area contributed by atoms with Gasteiger partial charge < -0.3 is 19.5 Å². The van der Waals surface area contributed by atoms with Crippen molar-refractivity contribution in [3.8, 4) is 5.88 Å². The second-order valence-corrected chi connectivity index (χ2v) is 4.53. The molecule has 0 aromatic carbocycles. The molecule has 0 spiro atoms. The van der Waals surface area contributed by atoms with Crippen LogP contribution in [0, 0.1) is 0 Å². The topological polar surface area (TPSA) is 57.0 Å². The normalized spacial score (nSPS) is 11.6. The van der Waals surface area contributed by atoms with E-state index in [0.29, 0.717) is 19.0 Å². The summed E-state index contributed by atoms with van der Waals surface area (Å²) in [5, 5.41) is 5.26. The first-order chi connectivity index (χ1) is 8.80. The molecule has 7 heteroatoms. The standard InChI is InChI=1S/C11H17N3O3S/c1-15-9(16-2)7-12-6-8-10(17-3)13-11-14(8)4-5-18-11/h4-5,9,12H,6-7H2,1-3H3. The van der Waals surface area contributed by atoms with Crippen LogP contribution in [0.4, 0.5) is 0 Å². The molecule has 6 nitrogen and oxygen atoms in total. The first kappa shape index (κ1) is 13.3. The molecule has 2 rings (SSSR count). The summed E-state index contributed by atoms with van der Waals surface area (Å²) >= 11 is 1.58. The van der Waals surface area contributed by atoms with Crippen LogP contribution in [0.5, 0.6) is 5.88 Å². The van der Waals surface area contributed by atoms with Gasteiger partial charge in [0.15, 0.2) is 11.3 Å². The number of methoxy groups -OCH3 is 3. The molecule has 0 aliphatic carbocycles. The third-order valence-corrected chi connectivity index (χ3v) is 3.40. The second kappa shape index (κ2) is 6.14. The number of ether oxygens (including phenoxy) is 3. The van der Waals surface area contributed by atoms with Gasteiger partial charge in [0, 0.05) is 38.9 Å². The van der Waals surface area contributed by atoms with Crippen LogP contribution in [0.15, 0.2) is 11.6 Å². The average Bonchev–Trinajstić information content (AvgIpc) is 2.96. The van der Waals surface area contributed by atoms with E-state index in [2.05, 4.69) is 10.3 Å². The minimum atomic E-state index is -0.248. The Hall–Kier alpha value is -1.15. The molecule has 0 saturated carbocycles. The number of nitrogens with one attached hydrogen (secondary N) is 1.